The number of nitrogens with zero attached hydrogens (tertiary/aromatic N) is 2. The Hall–Kier alpha value is -1.85. The highest BCUT2D eigenvalue weighted by atomic mass is 35.5. The Morgan fingerprint density at radius 1 is 1.00 bits per heavy atom. The molecule has 6 heteroatoms. The minimum Gasteiger partial charge on any atom is -0.339 e. The standard InChI is InChI=1S/C19H16Cl2N2O2/c20-16-5-1-14(2-6-16)19(15-3-7-17(21)8-4-15)24-12-18(25-19)11-23-10-9-22-13-23/h1-10,13,18H,11-12H2. The van der Waals surface area contributed by atoms with Crippen LogP contribution in [0.4, 0.5) is 0 Å². The quantitative estimate of drug-likeness (QED) is 0.674. The molecule has 0 bridgehead atoms. The zero-order chi connectivity index (χ0) is 17.3. The van der Waals surface area contributed by atoms with Gasteiger partial charge in [-0.25, -0.2) is 4.98 Å². The fraction of sp³-hybridized carbons (Fsp3) is 0.211. The first-order chi connectivity index (χ1) is 12.2. The van der Waals surface area contributed by atoms with Gasteiger partial charge in [0, 0.05) is 33.6 Å². The normalized spacial score (nSPS) is 19.2. The van der Waals surface area contributed by atoms with Crippen LogP contribution >= 0.6 is 23.2 Å². The number of benzene rings is 2. The van der Waals surface area contributed by atoms with E-state index in [0.29, 0.717) is 23.2 Å². The van der Waals surface area contributed by atoms with E-state index in [4.69, 9.17) is 32.7 Å². The highest BCUT2D eigenvalue weighted by Gasteiger charge is 2.45. The average molecular weight is 375 g/mol. The van der Waals surface area contributed by atoms with E-state index in [1.165, 1.54) is 0 Å². The summed E-state index contributed by atoms with van der Waals surface area (Å²) in [4.78, 5) is 4.07. The molecule has 1 aliphatic rings. The van der Waals surface area contributed by atoms with Crippen LogP contribution in [0.25, 0.3) is 0 Å². The molecule has 1 unspecified atom stereocenters. The van der Waals surface area contributed by atoms with Gasteiger partial charge in [-0.05, 0) is 24.3 Å². The number of hydrogen-bond donors (Lipinski definition) is 0. The molecule has 0 saturated carbocycles. The average Bonchev–Trinajstić information content (AvgIpc) is 3.27. The van der Waals surface area contributed by atoms with Gasteiger partial charge < -0.3 is 14.0 Å². The van der Waals surface area contributed by atoms with Crippen LogP contribution < -0.4 is 0 Å². The monoisotopic (exact) mass is 374 g/mol. The second-order valence-corrected chi connectivity index (χ2v) is 6.81. The highest BCUT2D eigenvalue weighted by Crippen LogP contribution is 2.41. The van der Waals surface area contributed by atoms with Crippen molar-refractivity contribution in [1.82, 2.24) is 9.55 Å². The summed E-state index contributed by atoms with van der Waals surface area (Å²) in [5.74, 6) is -0.972. The number of halogens is 2. The summed E-state index contributed by atoms with van der Waals surface area (Å²) < 4.78 is 14.6. The van der Waals surface area contributed by atoms with Gasteiger partial charge in [0.2, 0.25) is 5.79 Å². The zero-order valence-electron chi connectivity index (χ0n) is 13.3. The number of aromatic nitrogens is 2. The van der Waals surface area contributed by atoms with Crippen LogP contribution in [-0.2, 0) is 21.8 Å². The lowest BCUT2D eigenvalue weighted by Crippen LogP contribution is -2.30. The van der Waals surface area contributed by atoms with E-state index in [9.17, 15) is 0 Å². The molecule has 0 N–H and O–H groups in total. The Morgan fingerprint density at radius 3 is 2.12 bits per heavy atom. The van der Waals surface area contributed by atoms with Crippen molar-refractivity contribution in [2.75, 3.05) is 6.61 Å². The fourth-order valence-electron chi connectivity index (χ4n) is 3.04. The van der Waals surface area contributed by atoms with Crippen molar-refractivity contribution in [2.45, 2.75) is 18.4 Å². The third-order valence-corrected chi connectivity index (χ3v) is 4.73. The second-order valence-electron chi connectivity index (χ2n) is 5.94. The molecular formula is C19H16Cl2N2O2. The highest BCUT2D eigenvalue weighted by molar-refractivity contribution is 6.30. The summed E-state index contributed by atoms with van der Waals surface area (Å²) in [5, 5.41) is 1.34. The van der Waals surface area contributed by atoms with Crippen molar-refractivity contribution in [3.05, 3.63) is 88.4 Å². The van der Waals surface area contributed by atoms with Crippen LogP contribution in [0.15, 0.2) is 67.3 Å². The van der Waals surface area contributed by atoms with E-state index in [1.54, 1.807) is 12.5 Å². The van der Waals surface area contributed by atoms with Gasteiger partial charge in [0.1, 0.15) is 6.10 Å². The number of hydrogen-bond acceptors (Lipinski definition) is 3. The minimum atomic E-state index is -0.972. The Labute approximate surface area is 155 Å². The molecule has 128 valence electrons. The first kappa shape index (κ1) is 16.6. The molecule has 3 aromatic rings. The molecular weight excluding hydrogens is 359 g/mol. The van der Waals surface area contributed by atoms with Gasteiger partial charge >= 0.3 is 0 Å². The fourth-order valence-corrected chi connectivity index (χ4v) is 3.29. The molecule has 2 aromatic carbocycles. The molecule has 1 aromatic heterocycles. The Balaban J connectivity index is 1.69. The first-order valence-electron chi connectivity index (χ1n) is 7.95. The van der Waals surface area contributed by atoms with Gasteiger partial charge in [-0.2, -0.15) is 0 Å². The molecule has 4 nitrogen and oxygen atoms in total. The van der Waals surface area contributed by atoms with Crippen molar-refractivity contribution < 1.29 is 9.47 Å². The Bertz CT molecular complexity index is 787. The predicted molar refractivity (Wildman–Crippen MR) is 96.7 cm³/mol. The van der Waals surface area contributed by atoms with Crippen LogP contribution in [0.5, 0.6) is 0 Å². The Kier molecular flexibility index (Phi) is 4.52. The molecule has 0 spiro atoms. The maximum Gasteiger partial charge on any atom is 0.222 e. The molecule has 4 rings (SSSR count). The van der Waals surface area contributed by atoms with E-state index in [0.717, 1.165) is 11.1 Å². The minimum absolute atomic E-state index is 0.0967. The summed E-state index contributed by atoms with van der Waals surface area (Å²) in [6.45, 7) is 1.15. The molecule has 0 aliphatic carbocycles. The third-order valence-electron chi connectivity index (χ3n) is 4.23. The molecule has 25 heavy (non-hydrogen) atoms. The molecule has 2 heterocycles. The summed E-state index contributed by atoms with van der Waals surface area (Å²) >= 11 is 12.1. The lowest BCUT2D eigenvalue weighted by atomic mass is 9.97. The van der Waals surface area contributed by atoms with Crippen LogP contribution in [-0.4, -0.2) is 22.3 Å². The van der Waals surface area contributed by atoms with Crippen LogP contribution in [0.3, 0.4) is 0 Å². The van der Waals surface area contributed by atoms with Crippen LogP contribution in [0.1, 0.15) is 11.1 Å². The van der Waals surface area contributed by atoms with Crippen molar-refractivity contribution in [3.63, 3.8) is 0 Å². The molecule has 1 saturated heterocycles. The largest absolute Gasteiger partial charge is 0.339 e. The van der Waals surface area contributed by atoms with Crippen molar-refractivity contribution in [2.24, 2.45) is 0 Å². The van der Waals surface area contributed by atoms with Crippen LogP contribution in [0.2, 0.25) is 10.0 Å². The molecule has 0 radical (unpaired) electrons. The molecule has 1 atom stereocenters. The maximum atomic E-state index is 6.42. The van der Waals surface area contributed by atoms with E-state index in [-0.39, 0.29) is 6.10 Å². The van der Waals surface area contributed by atoms with Gasteiger partial charge in [-0.1, -0.05) is 47.5 Å². The van der Waals surface area contributed by atoms with Crippen molar-refractivity contribution in [1.29, 1.82) is 0 Å². The van der Waals surface area contributed by atoms with E-state index in [1.807, 2.05) is 59.3 Å². The van der Waals surface area contributed by atoms with Gasteiger partial charge in [-0.15, -0.1) is 0 Å². The lowest BCUT2D eigenvalue weighted by molar-refractivity contribution is -0.144. The number of rotatable bonds is 4. The molecule has 1 aliphatic heterocycles. The summed E-state index contributed by atoms with van der Waals surface area (Å²) in [6.07, 6.45) is 5.34. The summed E-state index contributed by atoms with van der Waals surface area (Å²) in [5.41, 5.74) is 1.79. The molecule has 1 fully saturated rings. The Morgan fingerprint density at radius 2 is 1.60 bits per heavy atom. The number of ether oxygens (including phenoxy) is 2. The van der Waals surface area contributed by atoms with Crippen LogP contribution in [0, 0.1) is 0 Å². The van der Waals surface area contributed by atoms with E-state index >= 15 is 0 Å². The maximum absolute atomic E-state index is 6.42. The third kappa shape index (κ3) is 3.31. The topological polar surface area (TPSA) is 36.3 Å². The number of imidazole rings is 1. The molecule has 0 amide bonds. The zero-order valence-corrected chi connectivity index (χ0v) is 14.8. The van der Waals surface area contributed by atoms with Gasteiger partial charge in [-0.3, -0.25) is 0 Å². The first-order valence-corrected chi connectivity index (χ1v) is 8.71. The van der Waals surface area contributed by atoms with Gasteiger partial charge in [0.05, 0.1) is 19.5 Å². The second kappa shape index (κ2) is 6.81. The van der Waals surface area contributed by atoms with E-state index in [2.05, 4.69) is 4.98 Å². The predicted octanol–water partition coefficient (Wildman–Crippen LogP) is 4.51. The SMILES string of the molecule is Clc1ccc(C2(c3ccc(Cl)cc3)OCC(Cn3ccnc3)O2)cc1. The van der Waals surface area contributed by atoms with E-state index < -0.39 is 5.79 Å². The summed E-state index contributed by atoms with van der Waals surface area (Å²) in [6, 6.07) is 15.1. The van der Waals surface area contributed by atoms with Crippen molar-refractivity contribution >= 4 is 23.2 Å². The summed E-state index contributed by atoms with van der Waals surface area (Å²) in [7, 11) is 0. The van der Waals surface area contributed by atoms with Gasteiger partial charge in [0.15, 0.2) is 0 Å². The smallest absolute Gasteiger partial charge is 0.222 e. The van der Waals surface area contributed by atoms with Crippen molar-refractivity contribution in [3.8, 4) is 0 Å². The van der Waals surface area contributed by atoms with Gasteiger partial charge in [0.25, 0.3) is 0 Å². The lowest BCUT2D eigenvalue weighted by Gasteiger charge is -2.29.